The fourth-order valence-corrected chi connectivity index (χ4v) is 0.387. The molecular formula is C6H7O. The lowest BCUT2D eigenvalue weighted by atomic mass is 10.2. The summed E-state index contributed by atoms with van der Waals surface area (Å²) in [7, 11) is 0. The van der Waals surface area contributed by atoms with Crippen LogP contribution in [-0.2, 0) is 0 Å². The van der Waals surface area contributed by atoms with E-state index in [9.17, 15) is 0 Å². The van der Waals surface area contributed by atoms with Crippen LogP contribution in [0.1, 0.15) is 11.1 Å². The van der Waals surface area contributed by atoms with Gasteiger partial charge in [-0.2, -0.15) is 0 Å². The monoisotopic (exact) mass is 95.0 g/mol. The predicted molar refractivity (Wildman–Crippen MR) is 27.9 cm³/mol. The highest BCUT2D eigenvalue weighted by Gasteiger charge is 1.88. The van der Waals surface area contributed by atoms with Crippen LogP contribution in [-0.4, -0.2) is 0 Å². The van der Waals surface area contributed by atoms with Gasteiger partial charge in [0.2, 0.25) is 0 Å². The Morgan fingerprint density at radius 2 is 2.29 bits per heavy atom. The summed E-state index contributed by atoms with van der Waals surface area (Å²) in [6, 6.07) is 0. The SMILES string of the molecule is [CH2]c1cocc1C. The van der Waals surface area contributed by atoms with E-state index in [0.717, 1.165) is 11.1 Å². The molecule has 0 spiro atoms. The fourth-order valence-electron chi connectivity index (χ4n) is 0.387. The molecule has 0 saturated carbocycles. The third-order valence-electron chi connectivity index (χ3n) is 0.962. The molecule has 1 heteroatoms. The summed E-state index contributed by atoms with van der Waals surface area (Å²) in [5.41, 5.74) is 2.08. The van der Waals surface area contributed by atoms with Crippen LogP contribution in [0.25, 0.3) is 0 Å². The molecule has 0 fully saturated rings. The first-order valence-electron chi connectivity index (χ1n) is 2.15. The van der Waals surface area contributed by atoms with Gasteiger partial charge in [0.1, 0.15) is 0 Å². The Hall–Kier alpha value is -0.720. The number of aryl methyl sites for hydroxylation is 1. The second kappa shape index (κ2) is 1.41. The van der Waals surface area contributed by atoms with E-state index < -0.39 is 0 Å². The molecule has 37 valence electrons. The number of hydrogen-bond acceptors (Lipinski definition) is 1. The molecule has 1 rings (SSSR count). The molecule has 0 aliphatic heterocycles. The van der Waals surface area contributed by atoms with Crippen molar-refractivity contribution in [2.75, 3.05) is 0 Å². The maximum absolute atomic E-state index is 4.78. The van der Waals surface area contributed by atoms with Crippen molar-refractivity contribution in [1.82, 2.24) is 0 Å². The average Bonchev–Trinajstić information content (AvgIpc) is 1.91. The summed E-state index contributed by atoms with van der Waals surface area (Å²) in [6.07, 6.45) is 3.32. The number of hydrogen-bond donors (Lipinski definition) is 0. The van der Waals surface area contributed by atoms with Crippen molar-refractivity contribution in [3.63, 3.8) is 0 Å². The van der Waals surface area contributed by atoms with Gasteiger partial charge in [0, 0.05) is 0 Å². The normalized spacial score (nSPS) is 9.43. The Morgan fingerprint density at radius 1 is 1.57 bits per heavy atom. The zero-order valence-electron chi connectivity index (χ0n) is 4.27. The van der Waals surface area contributed by atoms with E-state index in [-0.39, 0.29) is 0 Å². The van der Waals surface area contributed by atoms with Gasteiger partial charge in [-0.05, 0) is 25.0 Å². The molecule has 0 N–H and O–H groups in total. The van der Waals surface area contributed by atoms with Crippen molar-refractivity contribution in [1.29, 1.82) is 0 Å². The van der Waals surface area contributed by atoms with Crippen LogP contribution in [0.5, 0.6) is 0 Å². The van der Waals surface area contributed by atoms with Crippen molar-refractivity contribution < 1.29 is 4.42 Å². The fraction of sp³-hybridized carbons (Fsp3) is 0.167. The summed E-state index contributed by atoms with van der Waals surface area (Å²) in [5, 5.41) is 0. The Labute approximate surface area is 43.0 Å². The van der Waals surface area contributed by atoms with Gasteiger partial charge in [0.15, 0.2) is 0 Å². The van der Waals surface area contributed by atoms with Gasteiger partial charge >= 0.3 is 0 Å². The Kier molecular flexibility index (Phi) is 0.895. The molecule has 1 aromatic rings. The summed E-state index contributed by atoms with van der Waals surface area (Å²) in [4.78, 5) is 0. The third-order valence-corrected chi connectivity index (χ3v) is 0.962. The Balaban J connectivity index is 3.12. The van der Waals surface area contributed by atoms with Crippen LogP contribution in [0.3, 0.4) is 0 Å². The molecule has 0 amide bonds. The van der Waals surface area contributed by atoms with E-state index in [4.69, 9.17) is 4.42 Å². The van der Waals surface area contributed by atoms with Gasteiger partial charge in [-0.15, -0.1) is 0 Å². The van der Waals surface area contributed by atoms with Crippen LogP contribution < -0.4 is 0 Å². The lowest BCUT2D eigenvalue weighted by Crippen LogP contribution is -1.63. The van der Waals surface area contributed by atoms with Gasteiger partial charge in [0.25, 0.3) is 0 Å². The quantitative estimate of drug-likeness (QED) is 0.478. The minimum atomic E-state index is 0.972. The topological polar surface area (TPSA) is 13.1 Å². The van der Waals surface area contributed by atoms with Gasteiger partial charge < -0.3 is 4.42 Å². The molecule has 1 aromatic heterocycles. The summed E-state index contributed by atoms with van der Waals surface area (Å²) in [5.74, 6) is 0. The van der Waals surface area contributed by atoms with Crippen molar-refractivity contribution in [3.05, 3.63) is 30.6 Å². The largest absolute Gasteiger partial charge is 0.472 e. The summed E-state index contributed by atoms with van der Waals surface area (Å²) in [6.45, 7) is 5.65. The van der Waals surface area contributed by atoms with Crippen LogP contribution in [0.15, 0.2) is 16.9 Å². The molecule has 1 radical (unpaired) electrons. The van der Waals surface area contributed by atoms with E-state index >= 15 is 0 Å². The lowest BCUT2D eigenvalue weighted by Gasteiger charge is -1.76. The van der Waals surface area contributed by atoms with E-state index in [2.05, 4.69) is 6.92 Å². The summed E-state index contributed by atoms with van der Waals surface area (Å²) < 4.78 is 4.78. The smallest absolute Gasteiger partial charge is 0.0937 e. The highest BCUT2D eigenvalue weighted by atomic mass is 16.3. The van der Waals surface area contributed by atoms with E-state index in [1.54, 1.807) is 12.5 Å². The number of rotatable bonds is 0. The van der Waals surface area contributed by atoms with Gasteiger partial charge in [-0.1, -0.05) is 0 Å². The number of furan rings is 1. The Morgan fingerprint density at radius 3 is 2.43 bits per heavy atom. The molecule has 0 saturated heterocycles. The van der Waals surface area contributed by atoms with Gasteiger partial charge in [-0.25, -0.2) is 0 Å². The van der Waals surface area contributed by atoms with Crippen molar-refractivity contribution >= 4 is 0 Å². The zero-order valence-corrected chi connectivity index (χ0v) is 4.27. The van der Waals surface area contributed by atoms with Crippen LogP contribution >= 0.6 is 0 Å². The predicted octanol–water partition coefficient (Wildman–Crippen LogP) is 1.77. The Bertz CT molecular complexity index is 136. The first kappa shape index (κ1) is 4.44. The highest BCUT2D eigenvalue weighted by Crippen LogP contribution is 2.04. The van der Waals surface area contributed by atoms with Gasteiger partial charge in [0.05, 0.1) is 12.5 Å². The molecule has 1 nitrogen and oxygen atoms in total. The van der Waals surface area contributed by atoms with Crippen molar-refractivity contribution in [2.45, 2.75) is 6.92 Å². The molecule has 0 atom stereocenters. The first-order chi connectivity index (χ1) is 3.30. The molecule has 0 aromatic carbocycles. The lowest BCUT2D eigenvalue weighted by molar-refractivity contribution is 0.564. The second-order valence-electron chi connectivity index (χ2n) is 1.58. The zero-order chi connectivity index (χ0) is 5.28. The molecule has 0 aliphatic carbocycles. The third kappa shape index (κ3) is 0.660. The van der Waals surface area contributed by atoms with Crippen molar-refractivity contribution in [2.24, 2.45) is 0 Å². The highest BCUT2D eigenvalue weighted by molar-refractivity contribution is 5.21. The van der Waals surface area contributed by atoms with Crippen LogP contribution in [0.2, 0.25) is 0 Å². The van der Waals surface area contributed by atoms with Gasteiger partial charge in [-0.3, -0.25) is 0 Å². The van der Waals surface area contributed by atoms with Crippen molar-refractivity contribution in [3.8, 4) is 0 Å². The van der Waals surface area contributed by atoms with Crippen LogP contribution in [0.4, 0.5) is 0 Å². The van der Waals surface area contributed by atoms with E-state index in [1.807, 2.05) is 6.92 Å². The molecule has 0 aliphatic rings. The molecule has 1 heterocycles. The average molecular weight is 95.1 g/mol. The summed E-state index contributed by atoms with van der Waals surface area (Å²) >= 11 is 0. The molecule has 7 heavy (non-hydrogen) atoms. The van der Waals surface area contributed by atoms with E-state index in [1.165, 1.54) is 0 Å². The maximum Gasteiger partial charge on any atom is 0.0937 e. The second-order valence-corrected chi connectivity index (χ2v) is 1.58. The standard InChI is InChI=1S/C6H7O/c1-5-3-7-4-6(5)2/h3-4H,1H2,2H3. The minimum Gasteiger partial charge on any atom is -0.472 e. The van der Waals surface area contributed by atoms with Crippen LogP contribution in [0, 0.1) is 13.8 Å². The molecular weight excluding hydrogens is 88.1 g/mol. The minimum absolute atomic E-state index is 0.972. The first-order valence-corrected chi connectivity index (χ1v) is 2.15. The molecule has 0 unspecified atom stereocenters. The molecule has 0 bridgehead atoms. The van der Waals surface area contributed by atoms with E-state index in [0.29, 0.717) is 0 Å². The maximum atomic E-state index is 4.78.